The van der Waals surface area contributed by atoms with Gasteiger partial charge >= 0.3 is 0 Å². The summed E-state index contributed by atoms with van der Waals surface area (Å²) in [6.07, 6.45) is 0. The minimum absolute atomic E-state index is 0.183. The van der Waals surface area contributed by atoms with Crippen molar-refractivity contribution in [2.75, 3.05) is 24.7 Å². The molecule has 6 nitrogen and oxygen atoms in total. The molecule has 0 N–H and O–H groups in total. The molecule has 0 atom stereocenters. The monoisotopic (exact) mass is 504 g/mol. The lowest BCUT2D eigenvalue weighted by atomic mass is 10.1. The summed E-state index contributed by atoms with van der Waals surface area (Å²) in [5.41, 5.74) is 4.65. The minimum atomic E-state index is -0.183. The third-order valence-corrected chi connectivity index (χ3v) is 6.66. The predicted octanol–water partition coefficient (Wildman–Crippen LogP) is 6.96. The Morgan fingerprint density at radius 3 is 2.14 bits per heavy atom. The molecule has 36 heavy (non-hydrogen) atoms. The minimum Gasteiger partial charge on any atom is -0.490 e. The summed E-state index contributed by atoms with van der Waals surface area (Å²) in [6.45, 7) is 11.6. The molecule has 0 bridgehead atoms. The number of ether oxygens (including phenoxy) is 3. The van der Waals surface area contributed by atoms with Crippen LogP contribution < -0.4 is 19.1 Å². The molecule has 0 aliphatic rings. The SMILES string of the molecule is CCOc1cc(C(=O)N(Cc2ccccc2)c2nc3c(C)cc(C)cc3s2)cc(OCC)c1OCC. The molecule has 0 saturated carbocycles. The van der Waals surface area contributed by atoms with E-state index in [1.807, 2.05) is 51.1 Å². The van der Waals surface area contributed by atoms with Crippen LogP contribution in [0.4, 0.5) is 5.13 Å². The van der Waals surface area contributed by atoms with Crippen molar-refractivity contribution >= 4 is 32.6 Å². The quantitative estimate of drug-likeness (QED) is 0.234. The highest BCUT2D eigenvalue weighted by molar-refractivity contribution is 7.22. The van der Waals surface area contributed by atoms with Crippen LogP contribution in [-0.2, 0) is 6.54 Å². The molecule has 4 aromatic rings. The van der Waals surface area contributed by atoms with Crippen molar-refractivity contribution in [3.63, 3.8) is 0 Å². The summed E-state index contributed by atoms with van der Waals surface area (Å²) in [7, 11) is 0. The number of hydrogen-bond acceptors (Lipinski definition) is 6. The van der Waals surface area contributed by atoms with E-state index >= 15 is 0 Å². The van der Waals surface area contributed by atoms with Gasteiger partial charge in [0.1, 0.15) is 0 Å². The van der Waals surface area contributed by atoms with Gasteiger partial charge in [0.15, 0.2) is 16.6 Å². The highest BCUT2D eigenvalue weighted by Gasteiger charge is 2.26. The first-order valence-electron chi connectivity index (χ1n) is 12.2. The summed E-state index contributed by atoms with van der Waals surface area (Å²) in [5.74, 6) is 1.31. The molecule has 0 spiro atoms. The van der Waals surface area contributed by atoms with Crippen LogP contribution in [0.25, 0.3) is 10.2 Å². The molecule has 7 heteroatoms. The van der Waals surface area contributed by atoms with Crippen LogP contribution in [0, 0.1) is 13.8 Å². The molecule has 4 rings (SSSR count). The summed E-state index contributed by atoms with van der Waals surface area (Å²) >= 11 is 1.52. The van der Waals surface area contributed by atoms with Crippen molar-refractivity contribution in [1.29, 1.82) is 0 Å². The van der Waals surface area contributed by atoms with E-state index in [0.717, 1.165) is 21.3 Å². The van der Waals surface area contributed by atoms with E-state index in [2.05, 4.69) is 26.0 Å². The molecule has 0 fully saturated rings. The van der Waals surface area contributed by atoms with Crippen molar-refractivity contribution in [3.8, 4) is 17.2 Å². The molecule has 0 saturated heterocycles. The van der Waals surface area contributed by atoms with Crippen molar-refractivity contribution in [1.82, 2.24) is 4.98 Å². The molecule has 3 aromatic carbocycles. The molecule has 0 aliphatic carbocycles. The summed E-state index contributed by atoms with van der Waals surface area (Å²) < 4.78 is 18.6. The van der Waals surface area contributed by atoms with Gasteiger partial charge in [-0.05, 0) is 69.5 Å². The van der Waals surface area contributed by atoms with Crippen molar-refractivity contribution < 1.29 is 19.0 Å². The highest BCUT2D eigenvalue weighted by atomic mass is 32.1. The van der Waals surface area contributed by atoms with Gasteiger partial charge in [0.25, 0.3) is 5.91 Å². The number of amides is 1. The number of aromatic nitrogens is 1. The van der Waals surface area contributed by atoms with Gasteiger partial charge in [0.05, 0.1) is 36.6 Å². The van der Waals surface area contributed by atoms with Crippen LogP contribution in [-0.4, -0.2) is 30.7 Å². The maximum atomic E-state index is 14.1. The summed E-state index contributed by atoms with van der Waals surface area (Å²) in [4.78, 5) is 20.7. The Hall–Kier alpha value is -3.58. The van der Waals surface area contributed by atoms with Gasteiger partial charge in [0, 0.05) is 5.56 Å². The predicted molar refractivity (Wildman–Crippen MR) is 146 cm³/mol. The number of carbonyl (C=O) groups is 1. The molecule has 0 radical (unpaired) electrons. The van der Waals surface area contributed by atoms with Crippen LogP contribution in [0.5, 0.6) is 17.2 Å². The second kappa shape index (κ2) is 11.4. The summed E-state index contributed by atoms with van der Waals surface area (Å²) in [6, 6.07) is 17.6. The number of aryl methyl sites for hydroxylation is 2. The topological polar surface area (TPSA) is 60.9 Å². The number of benzene rings is 3. The van der Waals surface area contributed by atoms with Crippen LogP contribution >= 0.6 is 11.3 Å². The van der Waals surface area contributed by atoms with Gasteiger partial charge in [-0.15, -0.1) is 0 Å². The Kier molecular flexibility index (Phi) is 8.10. The lowest BCUT2D eigenvalue weighted by Crippen LogP contribution is -2.30. The van der Waals surface area contributed by atoms with E-state index < -0.39 is 0 Å². The van der Waals surface area contributed by atoms with Crippen LogP contribution in [0.1, 0.15) is 47.8 Å². The van der Waals surface area contributed by atoms with E-state index in [9.17, 15) is 4.79 Å². The fourth-order valence-corrected chi connectivity index (χ4v) is 5.27. The number of carbonyl (C=O) groups excluding carboxylic acids is 1. The zero-order valence-electron chi connectivity index (χ0n) is 21.5. The van der Waals surface area contributed by atoms with Gasteiger partial charge in [-0.25, -0.2) is 4.98 Å². The van der Waals surface area contributed by atoms with Crippen molar-refractivity contribution in [3.05, 3.63) is 76.9 Å². The first kappa shape index (κ1) is 25.5. The normalized spacial score (nSPS) is 10.9. The van der Waals surface area contributed by atoms with Crippen molar-refractivity contribution in [2.24, 2.45) is 0 Å². The first-order chi connectivity index (χ1) is 17.4. The number of nitrogens with zero attached hydrogens (tertiary/aromatic N) is 2. The molecule has 0 aliphatic heterocycles. The zero-order valence-corrected chi connectivity index (χ0v) is 22.3. The Labute approximate surface area is 216 Å². The Balaban J connectivity index is 1.83. The molecule has 1 heterocycles. The summed E-state index contributed by atoms with van der Waals surface area (Å²) in [5, 5.41) is 0.650. The smallest absolute Gasteiger partial charge is 0.260 e. The average molecular weight is 505 g/mol. The third-order valence-electron chi connectivity index (χ3n) is 5.63. The molecular formula is C29H32N2O4S. The molecule has 188 valence electrons. The second-order valence-electron chi connectivity index (χ2n) is 8.40. The lowest BCUT2D eigenvalue weighted by Gasteiger charge is -2.22. The van der Waals surface area contributed by atoms with E-state index in [0.29, 0.717) is 54.3 Å². The Morgan fingerprint density at radius 2 is 1.53 bits per heavy atom. The van der Waals surface area contributed by atoms with Crippen LogP contribution in [0.2, 0.25) is 0 Å². The van der Waals surface area contributed by atoms with Crippen molar-refractivity contribution in [2.45, 2.75) is 41.2 Å². The number of fused-ring (bicyclic) bond motifs is 1. The maximum Gasteiger partial charge on any atom is 0.260 e. The van der Waals surface area contributed by atoms with E-state index in [1.54, 1.807) is 17.0 Å². The fourth-order valence-electron chi connectivity index (χ4n) is 4.13. The van der Waals surface area contributed by atoms with E-state index in [-0.39, 0.29) is 5.91 Å². The second-order valence-corrected chi connectivity index (χ2v) is 9.41. The van der Waals surface area contributed by atoms with Gasteiger partial charge < -0.3 is 14.2 Å². The maximum absolute atomic E-state index is 14.1. The van der Waals surface area contributed by atoms with Gasteiger partial charge in [-0.3, -0.25) is 9.69 Å². The molecule has 1 aromatic heterocycles. The van der Waals surface area contributed by atoms with Gasteiger partial charge in [0.2, 0.25) is 5.75 Å². The molecule has 0 unspecified atom stereocenters. The number of rotatable bonds is 10. The molecule has 1 amide bonds. The largest absolute Gasteiger partial charge is 0.490 e. The molecular weight excluding hydrogens is 472 g/mol. The van der Waals surface area contributed by atoms with Gasteiger partial charge in [-0.1, -0.05) is 47.7 Å². The Morgan fingerprint density at radius 1 is 0.889 bits per heavy atom. The first-order valence-corrected chi connectivity index (χ1v) is 13.1. The number of thiazole rings is 1. The van der Waals surface area contributed by atoms with Crippen LogP contribution in [0.15, 0.2) is 54.6 Å². The number of hydrogen-bond donors (Lipinski definition) is 0. The average Bonchev–Trinajstić information content (AvgIpc) is 3.29. The van der Waals surface area contributed by atoms with Gasteiger partial charge in [-0.2, -0.15) is 0 Å². The number of anilines is 1. The van der Waals surface area contributed by atoms with Crippen LogP contribution in [0.3, 0.4) is 0 Å². The fraction of sp³-hybridized carbons (Fsp3) is 0.310. The lowest BCUT2D eigenvalue weighted by molar-refractivity contribution is 0.0984. The van der Waals surface area contributed by atoms with E-state index in [4.69, 9.17) is 19.2 Å². The highest BCUT2D eigenvalue weighted by Crippen LogP contribution is 2.40. The third kappa shape index (κ3) is 5.46. The standard InChI is InChI=1S/C29H32N2O4S/c1-6-33-23-16-22(17-24(34-7-2)27(23)35-8-3)28(32)31(18-21-12-10-9-11-13-21)29-30-26-20(5)14-19(4)15-25(26)36-29/h9-17H,6-8,18H2,1-5H3. The Bertz CT molecular complexity index is 1320. The zero-order chi connectivity index (χ0) is 25.7. The van der Waals surface area contributed by atoms with E-state index in [1.165, 1.54) is 16.9 Å².